The van der Waals surface area contributed by atoms with Crippen LogP contribution in [0.25, 0.3) is 0 Å². The molecule has 0 saturated carbocycles. The number of likely N-dealkylation sites (N-methyl/N-ethyl adjacent to an activating group) is 1. The third-order valence-electron chi connectivity index (χ3n) is 2.33. The first-order chi connectivity index (χ1) is 7.98. The molecule has 0 bridgehead atoms. The number of imide groups is 1. The lowest BCUT2D eigenvalue weighted by molar-refractivity contribution is -0.270. The summed E-state index contributed by atoms with van der Waals surface area (Å²) in [6.07, 6.45) is -6.70. The first-order valence-corrected chi connectivity index (χ1v) is 4.54. The van der Waals surface area contributed by atoms with Crippen molar-refractivity contribution in [1.29, 1.82) is 0 Å². The van der Waals surface area contributed by atoms with E-state index in [0.29, 0.717) is 4.90 Å². The summed E-state index contributed by atoms with van der Waals surface area (Å²) in [5, 5.41) is 1.22. The molecule has 5 nitrogen and oxygen atoms in total. The molecule has 1 unspecified atom stereocenters. The molecular formula is C8H7F5N2O3. The zero-order valence-electron chi connectivity index (χ0n) is 8.85. The Balaban J connectivity index is 2.79. The van der Waals surface area contributed by atoms with Crippen LogP contribution in [0.4, 0.5) is 22.0 Å². The summed E-state index contributed by atoms with van der Waals surface area (Å²) in [7, 11) is 1.03. The lowest BCUT2D eigenvalue weighted by Crippen LogP contribution is -2.54. The van der Waals surface area contributed by atoms with E-state index in [-0.39, 0.29) is 0 Å². The number of hydrogen-bond donors (Lipinski definition) is 1. The van der Waals surface area contributed by atoms with Crippen molar-refractivity contribution >= 4 is 17.7 Å². The number of nitrogens with one attached hydrogen (secondary N) is 1. The van der Waals surface area contributed by atoms with Gasteiger partial charge in [-0.25, -0.2) is 0 Å². The number of nitrogens with zero attached hydrogens (tertiary/aromatic N) is 1. The largest absolute Gasteiger partial charge is 0.463 e. The fraction of sp³-hybridized carbons (Fsp3) is 0.625. The molecule has 3 amide bonds. The first kappa shape index (κ1) is 14.3. The second-order valence-corrected chi connectivity index (χ2v) is 3.59. The standard InChI is InChI=1S/C8H7F5N2O3/c1-15-4(16)2-3(5(15)17)14-6(18)7(9,10)8(11,12)13/h3H,2H2,1H3,(H,14,18). The second-order valence-electron chi connectivity index (χ2n) is 3.59. The van der Waals surface area contributed by atoms with Crippen molar-refractivity contribution in [2.45, 2.75) is 24.6 Å². The second kappa shape index (κ2) is 4.18. The van der Waals surface area contributed by atoms with Gasteiger partial charge in [-0.05, 0) is 0 Å². The third kappa shape index (κ3) is 2.27. The molecule has 0 aromatic rings. The average molecular weight is 274 g/mol. The van der Waals surface area contributed by atoms with Gasteiger partial charge in [-0.15, -0.1) is 0 Å². The zero-order valence-corrected chi connectivity index (χ0v) is 8.85. The molecular weight excluding hydrogens is 267 g/mol. The van der Waals surface area contributed by atoms with Gasteiger partial charge in [0.2, 0.25) is 5.91 Å². The Morgan fingerprint density at radius 2 is 1.78 bits per heavy atom. The highest BCUT2D eigenvalue weighted by molar-refractivity contribution is 6.06. The molecule has 1 heterocycles. The molecule has 0 aromatic heterocycles. The summed E-state index contributed by atoms with van der Waals surface area (Å²) in [5.74, 6) is -10.1. The third-order valence-corrected chi connectivity index (χ3v) is 2.33. The summed E-state index contributed by atoms with van der Waals surface area (Å²) in [6, 6.07) is -1.69. The Labute approximate surface area is 96.9 Å². The van der Waals surface area contributed by atoms with E-state index < -0.39 is 42.3 Å². The van der Waals surface area contributed by atoms with Gasteiger partial charge in [0, 0.05) is 7.05 Å². The van der Waals surface area contributed by atoms with Crippen LogP contribution in [0.3, 0.4) is 0 Å². The summed E-state index contributed by atoms with van der Waals surface area (Å²) in [6.45, 7) is 0. The Morgan fingerprint density at radius 3 is 2.11 bits per heavy atom. The number of likely N-dealkylation sites (tertiary alicyclic amines) is 1. The van der Waals surface area contributed by atoms with E-state index in [4.69, 9.17) is 0 Å². The average Bonchev–Trinajstić information content (AvgIpc) is 2.44. The molecule has 1 aliphatic rings. The van der Waals surface area contributed by atoms with Gasteiger partial charge in [-0.1, -0.05) is 0 Å². The van der Waals surface area contributed by atoms with E-state index in [9.17, 15) is 36.3 Å². The van der Waals surface area contributed by atoms with Gasteiger partial charge in [-0.3, -0.25) is 19.3 Å². The molecule has 1 fully saturated rings. The smallest absolute Gasteiger partial charge is 0.338 e. The predicted octanol–water partition coefficient (Wildman–Crippen LogP) is 0.0575. The zero-order chi connectivity index (χ0) is 14.3. The molecule has 102 valence electrons. The van der Waals surface area contributed by atoms with E-state index in [1.807, 2.05) is 0 Å². The Hall–Kier alpha value is -1.74. The Morgan fingerprint density at radius 1 is 1.28 bits per heavy atom. The van der Waals surface area contributed by atoms with Crippen molar-refractivity contribution in [3.63, 3.8) is 0 Å². The molecule has 1 saturated heterocycles. The highest BCUT2D eigenvalue weighted by atomic mass is 19.4. The minimum Gasteiger partial charge on any atom is -0.338 e. The van der Waals surface area contributed by atoms with Gasteiger partial charge in [0.05, 0.1) is 6.42 Å². The van der Waals surface area contributed by atoms with Gasteiger partial charge < -0.3 is 5.32 Å². The fourth-order valence-electron chi connectivity index (χ4n) is 1.25. The summed E-state index contributed by atoms with van der Waals surface area (Å²) < 4.78 is 60.6. The highest BCUT2D eigenvalue weighted by Crippen LogP contribution is 2.35. The SMILES string of the molecule is CN1C(=O)CC(NC(=O)C(F)(F)C(F)(F)F)C1=O. The lowest BCUT2D eigenvalue weighted by Gasteiger charge is -2.20. The van der Waals surface area contributed by atoms with E-state index in [1.54, 1.807) is 0 Å². The van der Waals surface area contributed by atoms with Gasteiger partial charge in [0.1, 0.15) is 6.04 Å². The van der Waals surface area contributed by atoms with E-state index in [2.05, 4.69) is 0 Å². The van der Waals surface area contributed by atoms with Crippen molar-refractivity contribution in [2.75, 3.05) is 7.05 Å². The first-order valence-electron chi connectivity index (χ1n) is 4.54. The number of carbonyl (C=O) groups excluding carboxylic acids is 3. The molecule has 1 N–H and O–H groups in total. The Bertz CT molecular complexity index is 406. The van der Waals surface area contributed by atoms with Crippen molar-refractivity contribution in [2.24, 2.45) is 0 Å². The number of halogens is 5. The molecule has 18 heavy (non-hydrogen) atoms. The quantitative estimate of drug-likeness (QED) is 0.572. The van der Waals surface area contributed by atoms with Crippen molar-refractivity contribution in [3.8, 4) is 0 Å². The van der Waals surface area contributed by atoms with Crippen LogP contribution in [0.2, 0.25) is 0 Å². The van der Waals surface area contributed by atoms with Gasteiger partial charge in [0.15, 0.2) is 0 Å². The van der Waals surface area contributed by atoms with Crippen molar-refractivity contribution in [1.82, 2.24) is 10.2 Å². The van der Waals surface area contributed by atoms with Crippen LogP contribution < -0.4 is 5.32 Å². The van der Waals surface area contributed by atoms with Crippen LogP contribution in [0.1, 0.15) is 6.42 Å². The number of alkyl halides is 5. The van der Waals surface area contributed by atoms with Crippen LogP contribution >= 0.6 is 0 Å². The fourth-order valence-corrected chi connectivity index (χ4v) is 1.25. The lowest BCUT2D eigenvalue weighted by atomic mass is 10.2. The molecule has 0 aromatic carbocycles. The van der Waals surface area contributed by atoms with Crippen molar-refractivity contribution < 1.29 is 36.3 Å². The van der Waals surface area contributed by atoms with E-state index >= 15 is 0 Å². The van der Waals surface area contributed by atoms with Crippen molar-refractivity contribution in [3.05, 3.63) is 0 Å². The summed E-state index contributed by atoms with van der Waals surface area (Å²) >= 11 is 0. The topological polar surface area (TPSA) is 66.5 Å². The molecule has 1 aliphatic heterocycles. The number of hydrogen-bond acceptors (Lipinski definition) is 3. The van der Waals surface area contributed by atoms with Crippen LogP contribution in [-0.2, 0) is 14.4 Å². The highest BCUT2D eigenvalue weighted by Gasteiger charge is 2.64. The monoisotopic (exact) mass is 274 g/mol. The number of carbonyl (C=O) groups is 3. The van der Waals surface area contributed by atoms with Gasteiger partial charge >= 0.3 is 18.0 Å². The van der Waals surface area contributed by atoms with E-state index in [1.165, 1.54) is 5.32 Å². The van der Waals surface area contributed by atoms with Crippen LogP contribution in [0.15, 0.2) is 0 Å². The number of amides is 3. The van der Waals surface area contributed by atoms with Crippen LogP contribution in [-0.4, -0.2) is 47.8 Å². The number of rotatable bonds is 2. The van der Waals surface area contributed by atoms with Gasteiger partial charge in [-0.2, -0.15) is 22.0 Å². The molecule has 1 rings (SSSR count). The maximum atomic E-state index is 12.6. The molecule has 10 heteroatoms. The summed E-state index contributed by atoms with van der Waals surface area (Å²) in [4.78, 5) is 33.5. The molecule has 0 radical (unpaired) electrons. The van der Waals surface area contributed by atoms with Crippen LogP contribution in [0.5, 0.6) is 0 Å². The van der Waals surface area contributed by atoms with E-state index in [0.717, 1.165) is 7.05 Å². The maximum absolute atomic E-state index is 12.6. The minimum absolute atomic E-state index is 0.538. The minimum atomic E-state index is -6.06. The molecule has 0 aliphatic carbocycles. The maximum Gasteiger partial charge on any atom is 0.463 e. The normalized spacial score (nSPS) is 21.4. The Kier molecular flexibility index (Phi) is 3.32. The molecule has 0 spiro atoms. The van der Waals surface area contributed by atoms with Gasteiger partial charge in [0.25, 0.3) is 5.91 Å². The molecule has 1 atom stereocenters. The van der Waals surface area contributed by atoms with Crippen LogP contribution in [0, 0.1) is 0 Å². The predicted molar refractivity (Wildman–Crippen MR) is 45.3 cm³/mol. The summed E-state index contributed by atoms with van der Waals surface area (Å²) in [5.41, 5.74) is 0.